The predicted octanol–water partition coefficient (Wildman–Crippen LogP) is 5.09. The van der Waals surface area contributed by atoms with Crippen molar-refractivity contribution in [1.29, 1.82) is 0 Å². The summed E-state index contributed by atoms with van der Waals surface area (Å²) in [4.78, 5) is 12.5. The van der Waals surface area contributed by atoms with Gasteiger partial charge in [0.1, 0.15) is 18.1 Å². The molecule has 5 heteroatoms. The van der Waals surface area contributed by atoms with Gasteiger partial charge in [0.15, 0.2) is 0 Å². The summed E-state index contributed by atoms with van der Waals surface area (Å²) in [6, 6.07) is 20.7. The molecule has 4 rings (SSSR count). The van der Waals surface area contributed by atoms with Crippen LogP contribution in [0.3, 0.4) is 0 Å². The minimum atomic E-state index is -0.257. The highest BCUT2D eigenvalue weighted by Crippen LogP contribution is 2.36. The van der Waals surface area contributed by atoms with E-state index in [1.165, 1.54) is 0 Å². The number of fused-ring (bicyclic) bond motifs is 1. The zero-order valence-corrected chi connectivity index (χ0v) is 16.3. The molecule has 0 radical (unpaired) electrons. The summed E-state index contributed by atoms with van der Waals surface area (Å²) in [6.07, 6.45) is 1.55. The summed E-state index contributed by atoms with van der Waals surface area (Å²) >= 11 is 0. The first kappa shape index (κ1) is 18.9. The van der Waals surface area contributed by atoms with Crippen LogP contribution >= 0.6 is 0 Å². The second-order valence-corrected chi connectivity index (χ2v) is 7.29. The molecule has 3 N–H and O–H groups in total. The molecule has 5 nitrogen and oxygen atoms in total. The maximum atomic E-state index is 12.5. The van der Waals surface area contributed by atoms with Gasteiger partial charge in [-0.1, -0.05) is 42.5 Å². The Kier molecular flexibility index (Phi) is 5.38. The van der Waals surface area contributed by atoms with Crippen LogP contribution in [0.2, 0.25) is 0 Å². The smallest absolute Gasteiger partial charge is 0.319 e. The zero-order chi connectivity index (χ0) is 20.2. The Morgan fingerprint density at radius 1 is 1.10 bits per heavy atom. The lowest BCUT2D eigenvalue weighted by molar-refractivity contribution is 0.248. The van der Waals surface area contributed by atoms with Gasteiger partial charge < -0.3 is 20.5 Å². The number of ether oxygens (including phenoxy) is 1. The molecule has 29 heavy (non-hydrogen) atoms. The van der Waals surface area contributed by atoms with Gasteiger partial charge in [-0.05, 0) is 66.3 Å². The van der Waals surface area contributed by atoms with E-state index in [0.29, 0.717) is 12.4 Å². The Bertz CT molecular complexity index is 1020. The number of rotatable bonds is 5. The monoisotopic (exact) mass is 388 g/mol. The van der Waals surface area contributed by atoms with E-state index in [0.717, 1.165) is 46.5 Å². The number of carbonyl (C=O) groups is 1. The molecule has 1 unspecified atom stereocenters. The SMILES string of the molecule is Cc1cc(OCc2ccccc2)ccc1NC(=O)NC1CCc2c(O)cccc21. The highest BCUT2D eigenvalue weighted by Gasteiger charge is 2.26. The summed E-state index contributed by atoms with van der Waals surface area (Å²) in [5.74, 6) is 1.06. The van der Waals surface area contributed by atoms with E-state index in [9.17, 15) is 9.90 Å². The maximum Gasteiger partial charge on any atom is 0.319 e. The Balaban J connectivity index is 1.36. The van der Waals surface area contributed by atoms with Crippen molar-refractivity contribution in [1.82, 2.24) is 5.32 Å². The fourth-order valence-corrected chi connectivity index (χ4v) is 3.71. The largest absolute Gasteiger partial charge is 0.508 e. The molecular formula is C24H24N2O3. The molecule has 0 saturated heterocycles. The third-order valence-electron chi connectivity index (χ3n) is 5.25. The second-order valence-electron chi connectivity index (χ2n) is 7.29. The quantitative estimate of drug-likeness (QED) is 0.570. The molecule has 1 atom stereocenters. The number of carbonyl (C=O) groups excluding carboxylic acids is 1. The minimum Gasteiger partial charge on any atom is -0.508 e. The van der Waals surface area contributed by atoms with Gasteiger partial charge in [0, 0.05) is 5.69 Å². The molecule has 3 aromatic carbocycles. The van der Waals surface area contributed by atoms with Crippen molar-refractivity contribution < 1.29 is 14.6 Å². The van der Waals surface area contributed by atoms with E-state index in [-0.39, 0.29) is 12.1 Å². The van der Waals surface area contributed by atoms with Crippen molar-refractivity contribution >= 4 is 11.7 Å². The number of phenolic OH excluding ortho intramolecular Hbond substituents is 1. The number of aryl methyl sites for hydroxylation is 1. The fourth-order valence-electron chi connectivity index (χ4n) is 3.71. The second kappa shape index (κ2) is 8.27. The van der Waals surface area contributed by atoms with Gasteiger partial charge in [0.25, 0.3) is 0 Å². The number of nitrogens with one attached hydrogen (secondary N) is 2. The molecule has 0 heterocycles. The van der Waals surface area contributed by atoms with Crippen LogP contribution in [-0.2, 0) is 13.0 Å². The Morgan fingerprint density at radius 2 is 1.93 bits per heavy atom. The molecule has 0 fully saturated rings. The third-order valence-corrected chi connectivity index (χ3v) is 5.25. The average molecular weight is 388 g/mol. The van der Waals surface area contributed by atoms with E-state index in [2.05, 4.69) is 10.6 Å². The lowest BCUT2D eigenvalue weighted by atomic mass is 10.1. The first-order chi connectivity index (χ1) is 14.1. The van der Waals surface area contributed by atoms with Crippen LogP contribution in [-0.4, -0.2) is 11.1 Å². The van der Waals surface area contributed by atoms with Crippen molar-refractivity contribution in [3.8, 4) is 11.5 Å². The normalized spacial score (nSPS) is 14.9. The fraction of sp³-hybridized carbons (Fsp3) is 0.208. The van der Waals surface area contributed by atoms with Gasteiger partial charge >= 0.3 is 6.03 Å². The number of amides is 2. The van der Waals surface area contributed by atoms with Gasteiger partial charge in [-0.2, -0.15) is 0 Å². The molecule has 2 amide bonds. The Labute approximate surface area is 170 Å². The van der Waals surface area contributed by atoms with Crippen LogP contribution in [0, 0.1) is 6.92 Å². The van der Waals surface area contributed by atoms with Crippen molar-refractivity contribution in [3.63, 3.8) is 0 Å². The molecule has 0 spiro atoms. The van der Waals surface area contributed by atoms with Gasteiger partial charge in [0.2, 0.25) is 0 Å². The summed E-state index contributed by atoms with van der Waals surface area (Å²) < 4.78 is 5.84. The van der Waals surface area contributed by atoms with Gasteiger partial charge in [-0.15, -0.1) is 0 Å². The van der Waals surface area contributed by atoms with Gasteiger partial charge in [0.05, 0.1) is 6.04 Å². The molecule has 0 bridgehead atoms. The van der Waals surface area contributed by atoms with E-state index in [1.807, 2.05) is 67.6 Å². The molecule has 0 aliphatic heterocycles. The van der Waals surface area contributed by atoms with E-state index < -0.39 is 0 Å². The zero-order valence-electron chi connectivity index (χ0n) is 16.3. The van der Waals surface area contributed by atoms with E-state index >= 15 is 0 Å². The molecule has 1 aliphatic carbocycles. The highest BCUT2D eigenvalue weighted by atomic mass is 16.5. The summed E-state index contributed by atoms with van der Waals surface area (Å²) in [6.45, 7) is 2.44. The number of aromatic hydroxyl groups is 1. The molecule has 0 saturated carbocycles. The van der Waals surface area contributed by atoms with E-state index in [1.54, 1.807) is 6.07 Å². The Morgan fingerprint density at radius 3 is 2.72 bits per heavy atom. The molecule has 0 aromatic heterocycles. The van der Waals surface area contributed by atoms with Gasteiger partial charge in [-0.3, -0.25) is 0 Å². The molecule has 3 aromatic rings. The lowest BCUT2D eigenvalue weighted by Crippen LogP contribution is -2.31. The summed E-state index contributed by atoms with van der Waals surface area (Å²) in [5.41, 5.74) is 4.68. The lowest BCUT2D eigenvalue weighted by Gasteiger charge is -2.16. The standard InChI is InChI=1S/C24H24N2O3/c1-16-14-18(29-15-17-6-3-2-4-7-17)10-12-21(16)25-24(28)26-22-13-11-20-19(22)8-5-9-23(20)27/h2-10,12,14,22,27H,11,13,15H2,1H3,(H2,25,26,28). The first-order valence-electron chi connectivity index (χ1n) is 9.76. The predicted molar refractivity (Wildman–Crippen MR) is 113 cm³/mol. The molecule has 148 valence electrons. The number of benzene rings is 3. The van der Waals surface area contributed by atoms with Crippen molar-refractivity contribution in [2.45, 2.75) is 32.4 Å². The Hall–Kier alpha value is -3.47. The number of urea groups is 1. The van der Waals surface area contributed by atoms with Crippen LogP contribution < -0.4 is 15.4 Å². The maximum absolute atomic E-state index is 12.5. The summed E-state index contributed by atoms with van der Waals surface area (Å²) in [5, 5.41) is 15.9. The van der Waals surface area contributed by atoms with Crippen LogP contribution in [0.15, 0.2) is 66.7 Å². The summed E-state index contributed by atoms with van der Waals surface area (Å²) in [7, 11) is 0. The number of anilines is 1. The minimum absolute atomic E-state index is 0.0918. The highest BCUT2D eigenvalue weighted by molar-refractivity contribution is 5.90. The van der Waals surface area contributed by atoms with Crippen molar-refractivity contribution in [3.05, 3.63) is 89.0 Å². The first-order valence-corrected chi connectivity index (χ1v) is 9.76. The van der Waals surface area contributed by atoms with Crippen LogP contribution in [0.25, 0.3) is 0 Å². The van der Waals surface area contributed by atoms with Crippen molar-refractivity contribution in [2.24, 2.45) is 0 Å². The van der Waals surface area contributed by atoms with Crippen LogP contribution in [0.5, 0.6) is 11.5 Å². The average Bonchev–Trinajstić information content (AvgIpc) is 3.13. The number of phenols is 1. The number of hydrogen-bond donors (Lipinski definition) is 3. The van der Waals surface area contributed by atoms with Crippen molar-refractivity contribution in [2.75, 3.05) is 5.32 Å². The third kappa shape index (κ3) is 4.35. The van der Waals surface area contributed by atoms with Crippen LogP contribution in [0.4, 0.5) is 10.5 Å². The van der Waals surface area contributed by atoms with Crippen LogP contribution in [0.1, 0.15) is 34.7 Å². The number of hydrogen-bond acceptors (Lipinski definition) is 3. The van der Waals surface area contributed by atoms with E-state index in [4.69, 9.17) is 4.74 Å². The molecule has 1 aliphatic rings. The molecular weight excluding hydrogens is 364 g/mol. The van der Waals surface area contributed by atoms with Gasteiger partial charge in [-0.25, -0.2) is 4.79 Å². The topological polar surface area (TPSA) is 70.6 Å².